The summed E-state index contributed by atoms with van der Waals surface area (Å²) in [5.41, 5.74) is 0. The minimum absolute atomic E-state index is 0.0552. The van der Waals surface area contributed by atoms with Crippen LogP contribution in [0.1, 0.15) is 12.2 Å². The SMILES string of the molecule is O=C(Nc1ccc(Br)cn1)N[C@@H]1CCc2ncnn2C1. The van der Waals surface area contributed by atoms with Crippen molar-refractivity contribution >= 4 is 27.8 Å². The molecule has 8 heteroatoms. The van der Waals surface area contributed by atoms with E-state index in [4.69, 9.17) is 0 Å². The first-order valence-corrected chi connectivity index (χ1v) is 7.06. The third kappa shape index (κ3) is 2.96. The molecule has 0 aromatic carbocycles. The van der Waals surface area contributed by atoms with Crippen LogP contribution in [-0.2, 0) is 13.0 Å². The van der Waals surface area contributed by atoms with E-state index in [1.165, 1.54) is 0 Å². The highest BCUT2D eigenvalue weighted by molar-refractivity contribution is 9.10. The fraction of sp³-hybridized carbons (Fsp3) is 0.333. The molecule has 20 heavy (non-hydrogen) atoms. The minimum Gasteiger partial charge on any atom is -0.333 e. The average molecular weight is 337 g/mol. The molecule has 7 nitrogen and oxygen atoms in total. The number of nitrogens with one attached hydrogen (secondary N) is 2. The van der Waals surface area contributed by atoms with Gasteiger partial charge in [0.2, 0.25) is 0 Å². The summed E-state index contributed by atoms with van der Waals surface area (Å²) < 4.78 is 2.70. The van der Waals surface area contributed by atoms with Gasteiger partial charge in [0.15, 0.2) is 0 Å². The van der Waals surface area contributed by atoms with Crippen LogP contribution in [0, 0.1) is 0 Å². The second-order valence-corrected chi connectivity index (χ2v) is 5.47. The summed E-state index contributed by atoms with van der Waals surface area (Å²) in [6.07, 6.45) is 4.86. The summed E-state index contributed by atoms with van der Waals surface area (Å²) in [7, 11) is 0. The zero-order valence-electron chi connectivity index (χ0n) is 10.6. The normalized spacial score (nSPS) is 17.4. The maximum Gasteiger partial charge on any atom is 0.320 e. The predicted octanol–water partition coefficient (Wildman–Crippen LogP) is 1.57. The fourth-order valence-electron chi connectivity index (χ4n) is 2.14. The maximum absolute atomic E-state index is 11.9. The molecule has 0 spiro atoms. The number of rotatable bonds is 2. The predicted molar refractivity (Wildman–Crippen MR) is 76.2 cm³/mol. The molecule has 2 amide bonds. The first kappa shape index (κ1) is 13.0. The molecule has 0 aliphatic carbocycles. The Morgan fingerprint density at radius 2 is 2.30 bits per heavy atom. The number of nitrogens with zero attached hydrogens (tertiary/aromatic N) is 4. The molecule has 2 aromatic rings. The minimum atomic E-state index is -0.256. The largest absolute Gasteiger partial charge is 0.333 e. The molecule has 2 aromatic heterocycles. The van der Waals surface area contributed by atoms with Crippen LogP contribution >= 0.6 is 15.9 Å². The highest BCUT2D eigenvalue weighted by Crippen LogP contribution is 2.12. The summed E-state index contributed by atoms with van der Waals surface area (Å²) in [5.74, 6) is 1.49. The monoisotopic (exact) mass is 336 g/mol. The molecule has 0 fully saturated rings. The van der Waals surface area contributed by atoms with E-state index in [0.29, 0.717) is 12.4 Å². The van der Waals surface area contributed by atoms with E-state index >= 15 is 0 Å². The molecular formula is C12H13BrN6O. The Balaban J connectivity index is 1.56. The van der Waals surface area contributed by atoms with Crippen LogP contribution in [0.2, 0.25) is 0 Å². The van der Waals surface area contributed by atoms with E-state index in [9.17, 15) is 4.79 Å². The van der Waals surface area contributed by atoms with Crippen LogP contribution in [0.3, 0.4) is 0 Å². The zero-order valence-corrected chi connectivity index (χ0v) is 12.2. The molecule has 1 atom stereocenters. The number of hydrogen-bond donors (Lipinski definition) is 2. The molecule has 104 valence electrons. The number of urea groups is 1. The third-order valence-electron chi connectivity index (χ3n) is 3.11. The maximum atomic E-state index is 11.9. The van der Waals surface area contributed by atoms with Crippen LogP contribution in [0.25, 0.3) is 0 Å². The van der Waals surface area contributed by atoms with Gasteiger partial charge in [0.05, 0.1) is 12.6 Å². The Morgan fingerprint density at radius 3 is 3.10 bits per heavy atom. The topological polar surface area (TPSA) is 84.7 Å². The standard InChI is InChI=1S/C12H13BrN6O/c13-8-1-3-10(14-5-8)18-12(20)17-9-2-4-11-15-7-16-19(11)6-9/h1,3,5,7,9H,2,4,6H2,(H2,14,17,18,20)/t9-/m1/s1. The number of halogens is 1. The summed E-state index contributed by atoms with van der Waals surface area (Å²) >= 11 is 3.30. The Kier molecular flexibility index (Phi) is 3.64. The molecule has 3 rings (SSSR count). The molecule has 3 heterocycles. The molecule has 1 aliphatic rings. The lowest BCUT2D eigenvalue weighted by Gasteiger charge is -2.23. The third-order valence-corrected chi connectivity index (χ3v) is 3.58. The number of carbonyl (C=O) groups excluding carboxylic acids is 1. The van der Waals surface area contributed by atoms with Gasteiger partial charge in [-0.3, -0.25) is 5.32 Å². The van der Waals surface area contributed by atoms with Gasteiger partial charge in [-0.25, -0.2) is 19.4 Å². The second kappa shape index (κ2) is 5.58. The zero-order chi connectivity index (χ0) is 13.9. The summed E-state index contributed by atoms with van der Waals surface area (Å²) in [5, 5.41) is 9.75. The first-order valence-electron chi connectivity index (χ1n) is 6.26. The van der Waals surface area contributed by atoms with Crippen LogP contribution in [0.4, 0.5) is 10.6 Å². The van der Waals surface area contributed by atoms with E-state index in [-0.39, 0.29) is 12.1 Å². The van der Waals surface area contributed by atoms with Crippen LogP contribution in [0.15, 0.2) is 29.1 Å². The number of pyridine rings is 1. The Bertz CT molecular complexity index is 611. The lowest BCUT2D eigenvalue weighted by Crippen LogP contribution is -2.43. The van der Waals surface area contributed by atoms with Gasteiger partial charge in [-0.15, -0.1) is 0 Å². The fourth-order valence-corrected chi connectivity index (χ4v) is 2.38. The molecule has 0 unspecified atom stereocenters. The molecule has 1 aliphatic heterocycles. The molecule has 0 bridgehead atoms. The number of amides is 2. The van der Waals surface area contributed by atoms with Crippen molar-refractivity contribution in [1.29, 1.82) is 0 Å². The van der Waals surface area contributed by atoms with Crippen molar-refractivity contribution in [3.8, 4) is 0 Å². The van der Waals surface area contributed by atoms with Gasteiger partial charge in [-0.2, -0.15) is 5.10 Å². The van der Waals surface area contributed by atoms with Gasteiger partial charge in [0, 0.05) is 17.1 Å². The van der Waals surface area contributed by atoms with Gasteiger partial charge in [0.25, 0.3) is 0 Å². The summed E-state index contributed by atoms with van der Waals surface area (Å²) in [6.45, 7) is 0.649. The van der Waals surface area contributed by atoms with Gasteiger partial charge in [0.1, 0.15) is 18.0 Å². The van der Waals surface area contributed by atoms with Gasteiger partial charge in [-0.05, 0) is 34.5 Å². The van der Waals surface area contributed by atoms with E-state index in [0.717, 1.165) is 23.1 Å². The molecular weight excluding hydrogens is 324 g/mol. The Morgan fingerprint density at radius 1 is 1.40 bits per heavy atom. The van der Waals surface area contributed by atoms with Crippen molar-refractivity contribution in [2.45, 2.75) is 25.4 Å². The Hall–Kier alpha value is -1.96. The summed E-state index contributed by atoms with van der Waals surface area (Å²) in [6, 6.07) is 3.36. The lowest BCUT2D eigenvalue weighted by molar-refractivity contribution is 0.243. The number of hydrogen-bond acceptors (Lipinski definition) is 4. The van der Waals surface area contributed by atoms with Crippen molar-refractivity contribution in [3.63, 3.8) is 0 Å². The van der Waals surface area contributed by atoms with E-state index in [1.54, 1.807) is 18.6 Å². The molecule has 2 N–H and O–H groups in total. The molecule has 0 radical (unpaired) electrons. The molecule has 0 saturated carbocycles. The van der Waals surface area contributed by atoms with Crippen molar-refractivity contribution in [2.75, 3.05) is 5.32 Å². The second-order valence-electron chi connectivity index (χ2n) is 4.55. The quantitative estimate of drug-likeness (QED) is 0.871. The van der Waals surface area contributed by atoms with E-state index in [1.807, 2.05) is 10.7 Å². The Labute approximate surface area is 123 Å². The highest BCUT2D eigenvalue weighted by Gasteiger charge is 2.21. The van der Waals surface area contributed by atoms with Gasteiger partial charge < -0.3 is 5.32 Å². The van der Waals surface area contributed by atoms with Crippen LogP contribution < -0.4 is 10.6 Å². The van der Waals surface area contributed by atoms with E-state index in [2.05, 4.69) is 41.6 Å². The van der Waals surface area contributed by atoms with Crippen molar-refractivity contribution < 1.29 is 4.79 Å². The van der Waals surface area contributed by atoms with Gasteiger partial charge >= 0.3 is 6.03 Å². The lowest BCUT2D eigenvalue weighted by atomic mass is 10.1. The van der Waals surface area contributed by atoms with Gasteiger partial charge in [-0.1, -0.05) is 0 Å². The van der Waals surface area contributed by atoms with Crippen LogP contribution in [-0.4, -0.2) is 31.8 Å². The van der Waals surface area contributed by atoms with Crippen molar-refractivity contribution in [2.24, 2.45) is 0 Å². The number of fused-ring (bicyclic) bond motifs is 1. The van der Waals surface area contributed by atoms with Crippen LogP contribution in [0.5, 0.6) is 0 Å². The smallest absolute Gasteiger partial charge is 0.320 e. The first-order chi connectivity index (χ1) is 9.70. The highest BCUT2D eigenvalue weighted by atomic mass is 79.9. The van der Waals surface area contributed by atoms with Crippen molar-refractivity contribution in [1.82, 2.24) is 25.1 Å². The molecule has 0 saturated heterocycles. The number of carbonyl (C=O) groups is 1. The van der Waals surface area contributed by atoms with Crippen molar-refractivity contribution in [3.05, 3.63) is 35.0 Å². The van der Waals surface area contributed by atoms with E-state index < -0.39 is 0 Å². The number of aryl methyl sites for hydroxylation is 1. The average Bonchev–Trinajstić information content (AvgIpc) is 2.89. The number of anilines is 1. The summed E-state index contributed by atoms with van der Waals surface area (Å²) in [4.78, 5) is 20.1. The number of aromatic nitrogens is 4.